The van der Waals surface area contributed by atoms with E-state index in [0.29, 0.717) is 11.5 Å². The number of aliphatic imine (C=N–C) groups is 2. The van der Waals surface area contributed by atoms with Crippen LogP contribution in [-0.2, 0) is 23.1 Å². The van der Waals surface area contributed by atoms with Gasteiger partial charge in [0.25, 0.3) is 0 Å². The van der Waals surface area contributed by atoms with Crippen molar-refractivity contribution in [3.63, 3.8) is 0 Å². The second-order valence-corrected chi connectivity index (χ2v) is 10.3. The minimum Gasteiger partial charge on any atom is -0.497 e. The predicted octanol–water partition coefficient (Wildman–Crippen LogP) is 3.81. The molecule has 0 radical (unpaired) electrons. The number of ether oxygens (including phenoxy) is 2. The van der Waals surface area contributed by atoms with Gasteiger partial charge in [-0.3, -0.25) is 0 Å². The number of aliphatic hydroxyl groups is 1. The van der Waals surface area contributed by atoms with E-state index in [4.69, 9.17) is 9.47 Å². The Balaban J connectivity index is 2.41. The standard InChI is InChI=1S/C25H33N3O5S/c1-18(2)15-27-25(26-4)24(29)19(3)34(30,31)28(16-20-7-11-22(32-5)12-8-20)17-21-9-13-23(33-6)14-10-21/h7-15,19,24,29H,4,16-17H2,1-3,5-6H3/b27-25-/t19-,24+/m1/s1. The zero-order valence-electron chi connectivity index (χ0n) is 20.3. The van der Waals surface area contributed by atoms with Gasteiger partial charge in [0.05, 0.1) is 14.2 Å². The lowest BCUT2D eigenvalue weighted by molar-refractivity contribution is 0.232. The summed E-state index contributed by atoms with van der Waals surface area (Å²) in [5, 5.41) is 9.60. The van der Waals surface area contributed by atoms with Crippen LogP contribution in [0.25, 0.3) is 0 Å². The van der Waals surface area contributed by atoms with Crippen LogP contribution in [0.15, 0.2) is 70.3 Å². The van der Waals surface area contributed by atoms with Gasteiger partial charge < -0.3 is 14.6 Å². The number of nitrogens with zero attached hydrogens (tertiary/aromatic N) is 3. The third-order valence-electron chi connectivity index (χ3n) is 5.19. The summed E-state index contributed by atoms with van der Waals surface area (Å²) in [5.41, 5.74) is 2.43. The van der Waals surface area contributed by atoms with Gasteiger partial charge in [-0.2, -0.15) is 4.31 Å². The van der Waals surface area contributed by atoms with Gasteiger partial charge in [0, 0.05) is 19.3 Å². The van der Waals surface area contributed by atoms with E-state index in [-0.39, 0.29) is 18.9 Å². The van der Waals surface area contributed by atoms with Crippen LogP contribution >= 0.6 is 0 Å². The highest BCUT2D eigenvalue weighted by Crippen LogP contribution is 2.23. The minimum atomic E-state index is -3.99. The SMILES string of the molecule is C=N/C(=N\C=C(C)C)[C@@H](O)[C@@H](C)S(=O)(=O)N(Cc1ccc(OC)cc1)Cc1ccc(OC)cc1. The Morgan fingerprint density at radius 3 is 1.79 bits per heavy atom. The summed E-state index contributed by atoms with van der Waals surface area (Å²) in [6.45, 7) is 8.77. The fourth-order valence-corrected chi connectivity index (χ4v) is 4.69. The van der Waals surface area contributed by atoms with Crippen LogP contribution in [0.1, 0.15) is 31.9 Å². The first-order chi connectivity index (χ1) is 16.1. The molecule has 0 spiro atoms. The molecular weight excluding hydrogens is 454 g/mol. The maximum absolute atomic E-state index is 13.7. The first kappa shape index (κ1) is 27.2. The number of benzene rings is 2. The molecule has 0 aromatic heterocycles. The second kappa shape index (κ2) is 12.5. The van der Waals surface area contributed by atoms with Crippen LogP contribution in [0.3, 0.4) is 0 Å². The van der Waals surface area contributed by atoms with E-state index >= 15 is 0 Å². The molecule has 0 aliphatic rings. The van der Waals surface area contributed by atoms with E-state index < -0.39 is 21.4 Å². The quantitative estimate of drug-likeness (QED) is 0.384. The molecule has 2 atom stereocenters. The lowest BCUT2D eigenvalue weighted by atomic mass is 10.2. The number of aliphatic hydroxyl groups excluding tert-OH is 1. The number of methoxy groups -OCH3 is 2. The molecule has 0 amide bonds. The van der Waals surface area contributed by atoms with Crippen LogP contribution in [0.2, 0.25) is 0 Å². The molecule has 2 rings (SSSR count). The van der Waals surface area contributed by atoms with Crippen molar-refractivity contribution in [3.8, 4) is 11.5 Å². The van der Waals surface area contributed by atoms with Crippen LogP contribution < -0.4 is 9.47 Å². The topological polar surface area (TPSA) is 101 Å². The number of hydrogen-bond acceptors (Lipinski definition) is 6. The summed E-state index contributed by atoms with van der Waals surface area (Å²) < 4.78 is 39.1. The van der Waals surface area contributed by atoms with Crippen molar-refractivity contribution >= 4 is 22.6 Å². The maximum atomic E-state index is 13.7. The smallest absolute Gasteiger partial charge is 0.220 e. The molecule has 0 saturated heterocycles. The maximum Gasteiger partial charge on any atom is 0.220 e. The Morgan fingerprint density at radius 1 is 1.00 bits per heavy atom. The molecule has 0 unspecified atom stereocenters. The van der Waals surface area contributed by atoms with Gasteiger partial charge in [0.1, 0.15) is 22.9 Å². The Morgan fingerprint density at radius 2 is 1.44 bits per heavy atom. The Bertz CT molecular complexity index is 1060. The molecule has 0 saturated carbocycles. The highest BCUT2D eigenvalue weighted by molar-refractivity contribution is 7.89. The molecule has 2 aromatic rings. The second-order valence-electron chi connectivity index (χ2n) is 8.01. The molecule has 2 aromatic carbocycles. The van der Waals surface area contributed by atoms with Gasteiger partial charge in [-0.05, 0) is 62.9 Å². The highest BCUT2D eigenvalue weighted by Gasteiger charge is 2.36. The normalized spacial score (nSPS) is 13.8. The highest BCUT2D eigenvalue weighted by atomic mass is 32.2. The van der Waals surface area contributed by atoms with Crippen LogP contribution in [-0.4, -0.2) is 56.0 Å². The fourth-order valence-electron chi connectivity index (χ4n) is 3.12. The Labute approximate surface area is 202 Å². The summed E-state index contributed by atoms with van der Waals surface area (Å²) in [4.78, 5) is 7.86. The van der Waals surface area contributed by atoms with E-state index in [1.807, 2.05) is 38.1 Å². The molecule has 0 heterocycles. The van der Waals surface area contributed by atoms with E-state index in [1.54, 1.807) is 38.5 Å². The third kappa shape index (κ3) is 7.24. The van der Waals surface area contributed by atoms with Crippen LogP contribution in [0.5, 0.6) is 11.5 Å². The van der Waals surface area contributed by atoms with E-state index in [0.717, 1.165) is 16.7 Å². The Hall–Kier alpha value is -3.01. The zero-order chi connectivity index (χ0) is 25.3. The fraction of sp³-hybridized carbons (Fsp3) is 0.360. The van der Waals surface area contributed by atoms with Crippen LogP contribution in [0, 0.1) is 0 Å². The summed E-state index contributed by atoms with van der Waals surface area (Å²) in [5.74, 6) is 1.30. The van der Waals surface area contributed by atoms with Crippen LogP contribution in [0.4, 0.5) is 0 Å². The summed E-state index contributed by atoms with van der Waals surface area (Å²) in [7, 11) is -0.850. The molecule has 0 aliphatic carbocycles. The van der Waals surface area contributed by atoms with Crippen molar-refractivity contribution in [1.29, 1.82) is 0 Å². The van der Waals surface area contributed by atoms with E-state index in [9.17, 15) is 13.5 Å². The average Bonchev–Trinajstić information content (AvgIpc) is 2.84. The van der Waals surface area contributed by atoms with Gasteiger partial charge >= 0.3 is 0 Å². The van der Waals surface area contributed by atoms with Crippen molar-refractivity contribution in [2.45, 2.75) is 45.2 Å². The Kier molecular flexibility index (Phi) is 9.97. The molecule has 8 nitrogen and oxygen atoms in total. The first-order valence-electron chi connectivity index (χ1n) is 10.7. The lowest BCUT2D eigenvalue weighted by Gasteiger charge is -2.28. The zero-order valence-corrected chi connectivity index (χ0v) is 21.1. The molecule has 184 valence electrons. The number of rotatable bonds is 11. The molecule has 1 N–H and O–H groups in total. The minimum absolute atomic E-state index is 0.0499. The van der Waals surface area contributed by atoms with Crippen molar-refractivity contribution < 1.29 is 23.0 Å². The molecule has 0 aliphatic heterocycles. The summed E-state index contributed by atoms with van der Waals surface area (Å²) in [6, 6.07) is 14.3. The van der Waals surface area contributed by atoms with Gasteiger partial charge in [-0.25, -0.2) is 18.4 Å². The average molecular weight is 488 g/mol. The molecular formula is C25H33N3O5S. The van der Waals surface area contributed by atoms with E-state index in [2.05, 4.69) is 16.7 Å². The van der Waals surface area contributed by atoms with Crippen molar-refractivity contribution in [2.75, 3.05) is 14.2 Å². The number of amidine groups is 1. The predicted molar refractivity (Wildman–Crippen MR) is 136 cm³/mol. The molecule has 0 bridgehead atoms. The number of allylic oxidation sites excluding steroid dienone is 1. The van der Waals surface area contributed by atoms with Gasteiger partial charge in [-0.15, -0.1) is 0 Å². The van der Waals surface area contributed by atoms with Crippen molar-refractivity contribution in [1.82, 2.24) is 4.31 Å². The van der Waals surface area contributed by atoms with Crippen molar-refractivity contribution in [2.24, 2.45) is 9.98 Å². The van der Waals surface area contributed by atoms with Crippen molar-refractivity contribution in [3.05, 3.63) is 71.4 Å². The van der Waals surface area contributed by atoms with E-state index in [1.165, 1.54) is 17.4 Å². The largest absolute Gasteiger partial charge is 0.497 e. The summed E-state index contributed by atoms with van der Waals surface area (Å²) >= 11 is 0. The molecule has 9 heteroatoms. The molecule has 0 fully saturated rings. The van der Waals surface area contributed by atoms with Gasteiger partial charge in [0.15, 0.2) is 5.84 Å². The third-order valence-corrected chi connectivity index (χ3v) is 7.37. The summed E-state index contributed by atoms with van der Waals surface area (Å²) in [6.07, 6.45) is 0.0614. The first-order valence-corrected chi connectivity index (χ1v) is 12.2. The van der Waals surface area contributed by atoms with Gasteiger partial charge in [0.2, 0.25) is 10.0 Å². The van der Waals surface area contributed by atoms with Gasteiger partial charge in [-0.1, -0.05) is 29.8 Å². The molecule has 34 heavy (non-hydrogen) atoms. The monoisotopic (exact) mass is 487 g/mol. The number of sulfonamides is 1. The number of hydrogen-bond donors (Lipinski definition) is 1. The lowest BCUT2D eigenvalue weighted by Crippen LogP contribution is -2.45.